The van der Waals surface area contributed by atoms with Crippen LogP contribution in [0.2, 0.25) is 0 Å². The third-order valence-corrected chi connectivity index (χ3v) is 3.35. The number of carbonyl (C=O) groups excluding carboxylic acids is 2. The fourth-order valence-corrected chi connectivity index (χ4v) is 2.45. The highest BCUT2D eigenvalue weighted by atomic mass is 19.4. The van der Waals surface area contributed by atoms with Crippen LogP contribution in [0.3, 0.4) is 0 Å². The summed E-state index contributed by atoms with van der Waals surface area (Å²) >= 11 is 0. The SMILES string of the molecule is CC(C)(C)NC(=O)C1CCCCN1C(=O)CCOCC(F)(F)F. The quantitative estimate of drug-likeness (QED) is 0.782. The van der Waals surface area contributed by atoms with Crippen LogP contribution >= 0.6 is 0 Å². The molecule has 1 saturated heterocycles. The van der Waals surface area contributed by atoms with E-state index in [0.29, 0.717) is 13.0 Å². The number of likely N-dealkylation sites (tertiary alicyclic amines) is 1. The van der Waals surface area contributed by atoms with Crippen molar-refractivity contribution in [1.29, 1.82) is 0 Å². The van der Waals surface area contributed by atoms with E-state index in [1.807, 2.05) is 20.8 Å². The van der Waals surface area contributed by atoms with Crippen LogP contribution in [-0.4, -0.2) is 54.2 Å². The average Bonchev–Trinajstić information content (AvgIpc) is 2.40. The zero-order valence-electron chi connectivity index (χ0n) is 13.8. The number of nitrogens with one attached hydrogen (secondary N) is 1. The first-order valence-corrected chi connectivity index (χ1v) is 7.75. The first-order chi connectivity index (χ1) is 10.5. The summed E-state index contributed by atoms with van der Waals surface area (Å²) in [6, 6.07) is -0.557. The van der Waals surface area contributed by atoms with Crippen LogP contribution in [0.25, 0.3) is 0 Å². The third-order valence-electron chi connectivity index (χ3n) is 3.35. The first-order valence-electron chi connectivity index (χ1n) is 7.75. The molecule has 0 aromatic heterocycles. The van der Waals surface area contributed by atoms with Gasteiger partial charge in [0.2, 0.25) is 11.8 Å². The van der Waals surface area contributed by atoms with Crippen molar-refractivity contribution < 1.29 is 27.5 Å². The minimum Gasteiger partial charge on any atom is -0.372 e. The second-order valence-electron chi connectivity index (χ2n) is 6.76. The third kappa shape index (κ3) is 7.67. The molecule has 8 heteroatoms. The van der Waals surface area contributed by atoms with Crippen LogP contribution in [0.5, 0.6) is 0 Å². The molecule has 134 valence electrons. The van der Waals surface area contributed by atoms with E-state index in [-0.39, 0.29) is 24.8 Å². The molecular weight excluding hydrogens is 313 g/mol. The predicted molar refractivity (Wildman–Crippen MR) is 78.7 cm³/mol. The molecule has 0 spiro atoms. The van der Waals surface area contributed by atoms with Gasteiger partial charge in [-0.2, -0.15) is 13.2 Å². The number of amides is 2. The molecular formula is C15H25F3N2O3. The molecule has 0 aromatic rings. The number of nitrogens with zero attached hydrogens (tertiary/aromatic N) is 1. The molecule has 1 heterocycles. The Hall–Kier alpha value is -1.31. The number of hydrogen-bond donors (Lipinski definition) is 1. The number of rotatable bonds is 5. The van der Waals surface area contributed by atoms with Crippen LogP contribution in [0.1, 0.15) is 46.5 Å². The summed E-state index contributed by atoms with van der Waals surface area (Å²) in [7, 11) is 0. The topological polar surface area (TPSA) is 58.6 Å². The monoisotopic (exact) mass is 338 g/mol. The second-order valence-corrected chi connectivity index (χ2v) is 6.76. The largest absolute Gasteiger partial charge is 0.411 e. The predicted octanol–water partition coefficient (Wildman–Crippen LogP) is 2.25. The van der Waals surface area contributed by atoms with Gasteiger partial charge in [-0.1, -0.05) is 0 Å². The Balaban J connectivity index is 2.53. The fourth-order valence-electron chi connectivity index (χ4n) is 2.45. The summed E-state index contributed by atoms with van der Waals surface area (Å²) in [5, 5.41) is 2.85. The summed E-state index contributed by atoms with van der Waals surface area (Å²) in [5.41, 5.74) is -0.404. The van der Waals surface area contributed by atoms with Gasteiger partial charge >= 0.3 is 6.18 Å². The molecule has 0 aliphatic carbocycles. The minimum atomic E-state index is -4.40. The van der Waals surface area contributed by atoms with E-state index in [2.05, 4.69) is 10.1 Å². The highest BCUT2D eigenvalue weighted by molar-refractivity contribution is 5.88. The summed E-state index contributed by atoms with van der Waals surface area (Å²) in [5.74, 6) is -0.567. The Kier molecular flexibility index (Phi) is 6.85. The number of halogens is 3. The van der Waals surface area contributed by atoms with E-state index >= 15 is 0 Å². The molecule has 0 bridgehead atoms. The maximum Gasteiger partial charge on any atom is 0.411 e. The summed E-state index contributed by atoms with van der Waals surface area (Å²) in [6.07, 6.45) is -2.36. The molecule has 1 aliphatic rings. The molecule has 5 nitrogen and oxygen atoms in total. The lowest BCUT2D eigenvalue weighted by Crippen LogP contribution is -2.55. The molecule has 1 unspecified atom stereocenters. The van der Waals surface area contributed by atoms with Gasteiger partial charge in [0, 0.05) is 12.1 Å². The van der Waals surface area contributed by atoms with Crippen LogP contribution in [0.15, 0.2) is 0 Å². The minimum absolute atomic E-state index is 0.157. The molecule has 0 radical (unpaired) electrons. The molecule has 1 fully saturated rings. The molecule has 0 saturated carbocycles. The van der Waals surface area contributed by atoms with Crippen LogP contribution in [-0.2, 0) is 14.3 Å². The van der Waals surface area contributed by atoms with Crippen molar-refractivity contribution in [1.82, 2.24) is 10.2 Å². The summed E-state index contributed by atoms with van der Waals surface area (Å²) in [6.45, 7) is 4.33. The smallest absolute Gasteiger partial charge is 0.372 e. The molecule has 1 rings (SSSR count). The van der Waals surface area contributed by atoms with Crippen molar-refractivity contribution >= 4 is 11.8 Å². The van der Waals surface area contributed by atoms with E-state index in [4.69, 9.17) is 0 Å². The van der Waals surface area contributed by atoms with Gasteiger partial charge in [-0.3, -0.25) is 9.59 Å². The van der Waals surface area contributed by atoms with Gasteiger partial charge in [0.05, 0.1) is 13.0 Å². The lowest BCUT2D eigenvalue weighted by Gasteiger charge is -2.36. The van der Waals surface area contributed by atoms with Crippen LogP contribution < -0.4 is 5.32 Å². The van der Waals surface area contributed by atoms with E-state index < -0.39 is 24.4 Å². The zero-order valence-corrected chi connectivity index (χ0v) is 13.8. The van der Waals surface area contributed by atoms with Crippen molar-refractivity contribution in [3.05, 3.63) is 0 Å². The fraction of sp³-hybridized carbons (Fsp3) is 0.867. The van der Waals surface area contributed by atoms with Crippen molar-refractivity contribution in [2.45, 2.75) is 64.2 Å². The van der Waals surface area contributed by atoms with Gasteiger partial charge in [-0.25, -0.2) is 0 Å². The van der Waals surface area contributed by atoms with Gasteiger partial charge in [0.1, 0.15) is 12.6 Å². The Morgan fingerprint density at radius 3 is 2.43 bits per heavy atom. The Labute approximate surface area is 134 Å². The lowest BCUT2D eigenvalue weighted by atomic mass is 9.99. The molecule has 1 N–H and O–H groups in total. The summed E-state index contributed by atoms with van der Waals surface area (Å²) in [4.78, 5) is 26.0. The Bertz CT molecular complexity index is 419. The normalized spacial score (nSPS) is 19.6. The zero-order chi connectivity index (χ0) is 17.7. The summed E-state index contributed by atoms with van der Waals surface area (Å²) < 4.78 is 40.4. The van der Waals surface area contributed by atoms with Gasteiger partial charge < -0.3 is 15.0 Å². The van der Waals surface area contributed by atoms with Crippen molar-refractivity contribution in [3.63, 3.8) is 0 Å². The maximum absolute atomic E-state index is 12.3. The van der Waals surface area contributed by atoms with E-state index in [1.54, 1.807) is 0 Å². The van der Waals surface area contributed by atoms with Gasteiger partial charge in [-0.05, 0) is 40.0 Å². The van der Waals surface area contributed by atoms with Gasteiger partial charge in [-0.15, -0.1) is 0 Å². The van der Waals surface area contributed by atoms with Gasteiger partial charge in [0.15, 0.2) is 0 Å². The van der Waals surface area contributed by atoms with Crippen molar-refractivity contribution in [2.24, 2.45) is 0 Å². The number of ether oxygens (including phenoxy) is 1. The van der Waals surface area contributed by atoms with E-state index in [1.165, 1.54) is 4.90 Å². The standard InChI is InChI=1S/C15H25F3N2O3/c1-14(2,3)19-13(22)11-6-4-5-8-20(11)12(21)7-9-23-10-15(16,17)18/h11H,4-10H2,1-3H3,(H,19,22). The molecule has 2 amide bonds. The Morgan fingerprint density at radius 1 is 1.22 bits per heavy atom. The number of carbonyl (C=O) groups is 2. The lowest BCUT2D eigenvalue weighted by molar-refractivity contribution is -0.175. The molecule has 1 aliphatic heterocycles. The maximum atomic E-state index is 12.3. The van der Waals surface area contributed by atoms with E-state index in [9.17, 15) is 22.8 Å². The highest BCUT2D eigenvalue weighted by Crippen LogP contribution is 2.19. The highest BCUT2D eigenvalue weighted by Gasteiger charge is 2.33. The molecule has 23 heavy (non-hydrogen) atoms. The molecule has 1 atom stereocenters. The average molecular weight is 338 g/mol. The van der Waals surface area contributed by atoms with Crippen molar-refractivity contribution in [2.75, 3.05) is 19.8 Å². The second kappa shape index (κ2) is 7.99. The van der Waals surface area contributed by atoms with E-state index in [0.717, 1.165) is 12.8 Å². The van der Waals surface area contributed by atoms with Crippen LogP contribution in [0.4, 0.5) is 13.2 Å². The number of hydrogen-bond acceptors (Lipinski definition) is 3. The van der Waals surface area contributed by atoms with Gasteiger partial charge in [0.25, 0.3) is 0 Å². The van der Waals surface area contributed by atoms with Crippen molar-refractivity contribution in [3.8, 4) is 0 Å². The van der Waals surface area contributed by atoms with Crippen LogP contribution in [0, 0.1) is 0 Å². The number of alkyl halides is 3. The number of piperidine rings is 1. The first kappa shape index (κ1) is 19.7. The molecule has 0 aromatic carbocycles. The Morgan fingerprint density at radius 2 is 1.87 bits per heavy atom.